The number of hydrogen-bond donors (Lipinski definition) is 2. The van der Waals surface area contributed by atoms with Crippen LogP contribution in [0.15, 0.2) is 53.4 Å². The second-order valence-corrected chi connectivity index (χ2v) is 13.3. The van der Waals surface area contributed by atoms with Crippen molar-refractivity contribution in [2.24, 2.45) is 5.41 Å². The summed E-state index contributed by atoms with van der Waals surface area (Å²) in [4.78, 5) is 24.7. The highest BCUT2D eigenvalue weighted by Gasteiger charge is 2.34. The van der Waals surface area contributed by atoms with Gasteiger partial charge >= 0.3 is 0 Å². The molecule has 1 amide bonds. The Balaban J connectivity index is 1.66. The number of hydrogen-bond acceptors (Lipinski definition) is 7. The number of ether oxygens (including phenoxy) is 1. The highest BCUT2D eigenvalue weighted by atomic mass is 32.2. The third kappa shape index (κ3) is 5.91. The number of rotatable bonds is 2. The summed E-state index contributed by atoms with van der Waals surface area (Å²) in [6, 6.07) is 13.7. The number of nitrogens with zero attached hydrogens (tertiary/aromatic N) is 3. The van der Waals surface area contributed by atoms with E-state index < -0.39 is 16.1 Å². The van der Waals surface area contributed by atoms with Gasteiger partial charge < -0.3 is 15.0 Å². The van der Waals surface area contributed by atoms with Crippen molar-refractivity contribution in [3.05, 3.63) is 65.2 Å². The number of fused-ring (bicyclic) bond motifs is 6. The first-order valence-corrected chi connectivity index (χ1v) is 14.6. The van der Waals surface area contributed by atoms with Gasteiger partial charge in [-0.15, -0.1) is 0 Å². The monoisotopic (exact) mass is 549 g/mol. The summed E-state index contributed by atoms with van der Waals surface area (Å²) in [5.41, 5.74) is 3.72. The van der Waals surface area contributed by atoms with Crippen LogP contribution in [0.25, 0.3) is 11.3 Å². The number of carbonyl (C=O) groups is 1. The first-order valence-electron chi connectivity index (χ1n) is 13.2. The highest BCUT2D eigenvalue weighted by Crippen LogP contribution is 2.31. The van der Waals surface area contributed by atoms with E-state index in [9.17, 15) is 13.2 Å². The van der Waals surface area contributed by atoms with Gasteiger partial charge in [0, 0.05) is 36.3 Å². The molecule has 1 fully saturated rings. The molecular weight excluding hydrogens is 514 g/mol. The molecule has 3 aromatic rings. The second kappa shape index (κ2) is 10.2. The third-order valence-corrected chi connectivity index (χ3v) is 8.37. The highest BCUT2D eigenvalue weighted by molar-refractivity contribution is 7.92. The fraction of sp³-hybridized carbons (Fsp3) is 0.414. The first kappa shape index (κ1) is 27.1. The summed E-state index contributed by atoms with van der Waals surface area (Å²) in [5, 5.41) is 3.47. The van der Waals surface area contributed by atoms with E-state index in [2.05, 4.69) is 40.8 Å². The molecule has 0 unspecified atom stereocenters. The van der Waals surface area contributed by atoms with Crippen molar-refractivity contribution in [1.82, 2.24) is 20.2 Å². The van der Waals surface area contributed by atoms with Crippen LogP contribution in [-0.2, 0) is 10.0 Å². The normalized spacial score (nSPS) is 20.9. The van der Waals surface area contributed by atoms with E-state index in [-0.39, 0.29) is 34.1 Å². The summed E-state index contributed by atoms with van der Waals surface area (Å²) in [6.45, 7) is 11.8. The number of aromatic nitrogens is 2. The topological polar surface area (TPSA) is 114 Å². The van der Waals surface area contributed by atoms with Crippen LogP contribution in [0.2, 0.25) is 0 Å². The number of amides is 1. The predicted molar refractivity (Wildman–Crippen MR) is 150 cm³/mol. The Hall–Kier alpha value is -3.50. The number of nitrogens with one attached hydrogen (secondary N) is 2. The largest absolute Gasteiger partial charge is 0.471 e. The van der Waals surface area contributed by atoms with Crippen molar-refractivity contribution in [2.45, 2.75) is 58.1 Å². The summed E-state index contributed by atoms with van der Waals surface area (Å²) >= 11 is 0. The molecule has 3 heterocycles. The molecular formula is C29H35N5O4S. The molecule has 10 heteroatoms. The Morgan fingerprint density at radius 1 is 1.03 bits per heavy atom. The van der Waals surface area contributed by atoms with E-state index in [1.165, 1.54) is 12.1 Å². The molecule has 0 spiro atoms. The molecule has 0 saturated carbocycles. The minimum Gasteiger partial charge on any atom is -0.471 e. The fourth-order valence-electron chi connectivity index (χ4n) is 5.36. The molecule has 39 heavy (non-hydrogen) atoms. The molecule has 0 aliphatic carbocycles. The van der Waals surface area contributed by atoms with Crippen LogP contribution in [0.5, 0.6) is 5.88 Å². The Morgan fingerprint density at radius 3 is 2.46 bits per heavy atom. The molecule has 2 N–H and O–H groups in total. The Labute approximate surface area is 230 Å². The van der Waals surface area contributed by atoms with Crippen molar-refractivity contribution < 1.29 is 17.9 Å². The van der Waals surface area contributed by atoms with Crippen LogP contribution in [0.1, 0.15) is 48.7 Å². The van der Waals surface area contributed by atoms with E-state index in [0.717, 1.165) is 23.1 Å². The van der Waals surface area contributed by atoms with E-state index in [4.69, 9.17) is 4.74 Å². The number of anilines is 1. The average molecular weight is 550 g/mol. The maximum absolute atomic E-state index is 13.9. The van der Waals surface area contributed by atoms with Gasteiger partial charge in [-0.2, -0.15) is 4.98 Å². The smallest absolute Gasteiger partial charge is 0.264 e. The number of aryl methyl sites for hydroxylation is 2. The van der Waals surface area contributed by atoms with Crippen molar-refractivity contribution in [2.75, 3.05) is 24.4 Å². The molecule has 206 valence electrons. The first-order chi connectivity index (χ1) is 18.4. The van der Waals surface area contributed by atoms with Gasteiger partial charge in [-0.3, -0.25) is 4.79 Å². The molecule has 2 aromatic carbocycles. The van der Waals surface area contributed by atoms with Crippen LogP contribution in [0.3, 0.4) is 0 Å². The van der Waals surface area contributed by atoms with Crippen molar-refractivity contribution >= 4 is 21.9 Å². The van der Waals surface area contributed by atoms with Crippen LogP contribution < -0.4 is 14.8 Å². The molecule has 2 aliphatic heterocycles. The van der Waals surface area contributed by atoms with E-state index in [1.54, 1.807) is 18.2 Å². The lowest BCUT2D eigenvalue weighted by Crippen LogP contribution is -2.47. The van der Waals surface area contributed by atoms with Gasteiger partial charge in [0.2, 0.25) is 11.8 Å². The van der Waals surface area contributed by atoms with Gasteiger partial charge in [0.1, 0.15) is 6.10 Å². The van der Waals surface area contributed by atoms with Gasteiger partial charge in [-0.05, 0) is 55.0 Å². The number of benzene rings is 2. The molecule has 9 nitrogen and oxygen atoms in total. The number of sulfonamides is 1. The lowest BCUT2D eigenvalue weighted by atomic mass is 9.87. The fourth-order valence-corrected chi connectivity index (χ4v) is 6.35. The SMILES string of the molecule is Cc1cccc(C)c1-c1cc2nc(n1)NS(=O)(=O)c1cccc(c1)C(=O)N1C[C@@H](CNC[C@@H]1CC(C)(C)C)O2. The molecule has 1 aromatic heterocycles. The maximum Gasteiger partial charge on any atom is 0.264 e. The number of carbonyl (C=O) groups excluding carboxylic acids is 1. The Kier molecular flexibility index (Phi) is 7.11. The van der Waals surface area contributed by atoms with Crippen molar-refractivity contribution in [3.63, 3.8) is 0 Å². The predicted octanol–water partition coefficient (Wildman–Crippen LogP) is 4.17. The lowest BCUT2D eigenvalue weighted by Gasteiger charge is -2.35. The summed E-state index contributed by atoms with van der Waals surface area (Å²) < 4.78 is 35.7. The maximum atomic E-state index is 13.9. The molecule has 0 radical (unpaired) electrons. The van der Waals surface area contributed by atoms with E-state index >= 15 is 0 Å². The minimum absolute atomic E-state index is 0.0224. The molecule has 6 bridgehead atoms. The Bertz CT molecular complexity index is 1500. The Morgan fingerprint density at radius 2 is 1.74 bits per heavy atom. The van der Waals surface area contributed by atoms with Crippen LogP contribution in [0, 0.1) is 19.3 Å². The molecule has 1 saturated heterocycles. The summed E-state index contributed by atoms with van der Waals surface area (Å²) in [6.07, 6.45) is 0.361. The summed E-state index contributed by atoms with van der Waals surface area (Å²) in [7, 11) is -4.09. The zero-order valence-electron chi connectivity index (χ0n) is 23.0. The van der Waals surface area contributed by atoms with E-state index in [0.29, 0.717) is 30.9 Å². The van der Waals surface area contributed by atoms with Gasteiger partial charge in [0.05, 0.1) is 17.1 Å². The van der Waals surface area contributed by atoms with Gasteiger partial charge in [-0.25, -0.2) is 18.1 Å². The molecule has 2 aliphatic rings. The zero-order chi connectivity index (χ0) is 27.9. The van der Waals surface area contributed by atoms with Crippen LogP contribution in [-0.4, -0.2) is 61.0 Å². The van der Waals surface area contributed by atoms with E-state index in [1.807, 2.05) is 36.9 Å². The molecule has 2 atom stereocenters. The van der Waals surface area contributed by atoms with Crippen molar-refractivity contribution in [3.8, 4) is 17.1 Å². The molecule has 5 rings (SSSR count). The van der Waals surface area contributed by atoms with Crippen molar-refractivity contribution in [1.29, 1.82) is 0 Å². The van der Waals surface area contributed by atoms with Gasteiger partial charge in [0.15, 0.2) is 0 Å². The average Bonchev–Trinajstić information content (AvgIpc) is 3.03. The third-order valence-electron chi connectivity index (χ3n) is 7.05. The minimum atomic E-state index is -4.09. The van der Waals surface area contributed by atoms with Crippen LogP contribution >= 0.6 is 0 Å². The van der Waals surface area contributed by atoms with Gasteiger partial charge in [0.25, 0.3) is 15.9 Å². The summed E-state index contributed by atoms with van der Waals surface area (Å²) in [5.74, 6) is -0.0863. The standard InChI is InChI=1S/C29H35N5O4S/c1-18-8-6-9-19(2)26(18)24-13-25-32-28(31-24)33-39(36,37)23-11-7-10-20(12-23)27(35)34-17-22(38-25)16-30-15-21(34)14-29(3,4)5/h6-13,21-22,30H,14-17H2,1-5H3,(H,31,32,33)/t21-,22+/m0/s1. The van der Waals surface area contributed by atoms with Gasteiger partial charge in [-0.1, -0.05) is 45.0 Å². The quantitative estimate of drug-likeness (QED) is 0.493. The van der Waals surface area contributed by atoms with Crippen LogP contribution in [0.4, 0.5) is 5.95 Å². The lowest BCUT2D eigenvalue weighted by molar-refractivity contribution is 0.0559. The second-order valence-electron chi connectivity index (χ2n) is 11.6. The zero-order valence-corrected chi connectivity index (χ0v) is 23.8.